The molecule has 0 amide bonds. The van der Waals surface area contributed by atoms with Gasteiger partial charge in [0.1, 0.15) is 6.61 Å². The number of carboxylic acid groups (broad SMARTS) is 1. The molecule has 0 aliphatic carbocycles. The first kappa shape index (κ1) is 9.39. The highest BCUT2D eigenvalue weighted by atomic mass is 16.5. The van der Waals surface area contributed by atoms with Gasteiger partial charge in [-0.25, -0.2) is 4.79 Å². The van der Waals surface area contributed by atoms with E-state index in [4.69, 9.17) is 10.2 Å². The smallest absolute Gasteiger partial charge is 0.329 e. The fourth-order valence-electron chi connectivity index (χ4n) is 0.475. The minimum Gasteiger partial charge on any atom is -0.480 e. The van der Waals surface area contributed by atoms with Crippen molar-refractivity contribution in [2.45, 2.75) is 12.8 Å². The molecular formula is C6H12O4. The molecule has 0 fully saturated rings. The lowest BCUT2D eigenvalue weighted by Gasteiger charge is -1.97. The fraction of sp³-hybridized carbons (Fsp3) is 0.833. The normalized spacial score (nSPS) is 9.70. The van der Waals surface area contributed by atoms with Gasteiger partial charge in [-0.3, -0.25) is 0 Å². The summed E-state index contributed by atoms with van der Waals surface area (Å²) in [6, 6.07) is 0. The Hall–Kier alpha value is -0.610. The molecule has 4 nitrogen and oxygen atoms in total. The quantitative estimate of drug-likeness (QED) is 0.514. The highest BCUT2D eigenvalue weighted by Gasteiger charge is 1.94. The molecule has 0 rings (SSSR count). The monoisotopic (exact) mass is 148 g/mol. The molecule has 0 aliphatic heterocycles. The highest BCUT2D eigenvalue weighted by molar-refractivity contribution is 5.67. The van der Waals surface area contributed by atoms with Crippen LogP contribution >= 0.6 is 0 Å². The number of ether oxygens (including phenoxy) is 1. The Bertz CT molecular complexity index is 91.7. The highest BCUT2D eigenvalue weighted by Crippen LogP contribution is 1.87. The maximum atomic E-state index is 9.86. The molecule has 0 aromatic carbocycles. The van der Waals surface area contributed by atoms with Crippen LogP contribution in [0.1, 0.15) is 12.8 Å². The Morgan fingerprint density at radius 3 is 2.60 bits per heavy atom. The predicted molar refractivity (Wildman–Crippen MR) is 34.8 cm³/mol. The second-order valence-electron chi connectivity index (χ2n) is 1.88. The Morgan fingerprint density at radius 2 is 2.10 bits per heavy atom. The zero-order valence-corrected chi connectivity index (χ0v) is 5.75. The summed E-state index contributed by atoms with van der Waals surface area (Å²) in [7, 11) is 0. The third kappa shape index (κ3) is 7.39. The van der Waals surface area contributed by atoms with Crippen LogP contribution in [0.5, 0.6) is 0 Å². The fourth-order valence-corrected chi connectivity index (χ4v) is 0.475. The van der Waals surface area contributed by atoms with Gasteiger partial charge in [0, 0.05) is 13.2 Å². The molecule has 0 heterocycles. The molecule has 0 atom stereocenters. The summed E-state index contributed by atoms with van der Waals surface area (Å²) in [6.45, 7) is 0.300. The number of hydrogen-bond acceptors (Lipinski definition) is 3. The molecule has 0 aliphatic rings. The number of unbranched alkanes of at least 4 members (excludes halogenated alkanes) is 1. The summed E-state index contributed by atoms with van der Waals surface area (Å²) in [4.78, 5) is 9.86. The molecule has 10 heavy (non-hydrogen) atoms. The van der Waals surface area contributed by atoms with E-state index in [-0.39, 0.29) is 13.2 Å². The van der Waals surface area contributed by atoms with Gasteiger partial charge in [-0.05, 0) is 12.8 Å². The number of aliphatic hydroxyl groups is 1. The number of aliphatic carboxylic acids is 1. The average Bonchev–Trinajstić information content (AvgIpc) is 1.87. The van der Waals surface area contributed by atoms with Crippen LogP contribution in [0.25, 0.3) is 0 Å². The largest absolute Gasteiger partial charge is 0.480 e. The van der Waals surface area contributed by atoms with Crippen molar-refractivity contribution in [2.24, 2.45) is 0 Å². The number of carbonyl (C=O) groups is 1. The van der Waals surface area contributed by atoms with Gasteiger partial charge in [0.05, 0.1) is 0 Å². The van der Waals surface area contributed by atoms with E-state index in [0.29, 0.717) is 19.4 Å². The molecular weight excluding hydrogens is 136 g/mol. The Labute approximate surface area is 59.4 Å². The second kappa shape index (κ2) is 6.51. The SMILES string of the molecule is O=C(O)COCCCCO. The van der Waals surface area contributed by atoms with Crippen LogP contribution in [0.15, 0.2) is 0 Å². The van der Waals surface area contributed by atoms with Gasteiger partial charge in [-0.1, -0.05) is 0 Å². The van der Waals surface area contributed by atoms with Crippen LogP contribution in [0, 0.1) is 0 Å². The molecule has 0 aromatic heterocycles. The predicted octanol–water partition coefficient (Wildman–Crippen LogP) is -0.140. The molecule has 60 valence electrons. The van der Waals surface area contributed by atoms with Crippen LogP contribution in [0.3, 0.4) is 0 Å². The summed E-state index contributed by atoms with van der Waals surface area (Å²) in [5, 5.41) is 16.4. The van der Waals surface area contributed by atoms with E-state index in [2.05, 4.69) is 4.74 Å². The van der Waals surface area contributed by atoms with E-state index in [9.17, 15) is 4.79 Å². The third-order valence-electron chi connectivity index (χ3n) is 0.922. The summed E-state index contributed by atoms with van der Waals surface area (Å²) in [5.41, 5.74) is 0. The number of aliphatic hydroxyl groups excluding tert-OH is 1. The summed E-state index contributed by atoms with van der Waals surface area (Å²) in [6.07, 6.45) is 1.38. The number of hydrogen-bond donors (Lipinski definition) is 2. The lowest BCUT2D eigenvalue weighted by molar-refractivity contribution is -0.142. The number of carboxylic acids is 1. The minimum absolute atomic E-state index is 0.135. The standard InChI is InChI=1S/C6H12O4/c7-3-1-2-4-10-5-6(8)9/h7H,1-5H2,(H,8,9). The Morgan fingerprint density at radius 1 is 1.40 bits per heavy atom. The second-order valence-corrected chi connectivity index (χ2v) is 1.88. The van der Waals surface area contributed by atoms with Crippen LogP contribution in [-0.2, 0) is 9.53 Å². The summed E-state index contributed by atoms with van der Waals surface area (Å²) in [5.74, 6) is -0.955. The van der Waals surface area contributed by atoms with E-state index in [1.54, 1.807) is 0 Å². The van der Waals surface area contributed by atoms with E-state index >= 15 is 0 Å². The van der Waals surface area contributed by atoms with Crippen molar-refractivity contribution in [3.05, 3.63) is 0 Å². The van der Waals surface area contributed by atoms with Crippen molar-refractivity contribution in [3.8, 4) is 0 Å². The van der Waals surface area contributed by atoms with Gasteiger partial charge in [0.2, 0.25) is 0 Å². The van der Waals surface area contributed by atoms with Crippen LogP contribution in [0.2, 0.25) is 0 Å². The summed E-state index contributed by atoms with van der Waals surface area (Å²) >= 11 is 0. The third-order valence-corrected chi connectivity index (χ3v) is 0.922. The van der Waals surface area contributed by atoms with E-state index in [1.165, 1.54) is 0 Å². The first-order chi connectivity index (χ1) is 4.77. The molecule has 0 bridgehead atoms. The molecule has 0 radical (unpaired) electrons. The van der Waals surface area contributed by atoms with Gasteiger partial charge in [0.25, 0.3) is 0 Å². The Kier molecular flexibility index (Phi) is 6.11. The molecule has 0 unspecified atom stereocenters. The van der Waals surface area contributed by atoms with Crippen molar-refractivity contribution in [3.63, 3.8) is 0 Å². The Balaban J connectivity index is 2.84. The van der Waals surface area contributed by atoms with E-state index in [0.717, 1.165) is 0 Å². The molecule has 0 aromatic rings. The van der Waals surface area contributed by atoms with Gasteiger partial charge >= 0.3 is 5.97 Å². The van der Waals surface area contributed by atoms with Gasteiger partial charge in [-0.2, -0.15) is 0 Å². The first-order valence-electron chi connectivity index (χ1n) is 3.17. The lowest BCUT2D eigenvalue weighted by atomic mass is 10.3. The van der Waals surface area contributed by atoms with Gasteiger partial charge < -0.3 is 14.9 Å². The summed E-state index contributed by atoms with van der Waals surface area (Å²) < 4.78 is 4.69. The van der Waals surface area contributed by atoms with Crippen molar-refractivity contribution in [1.82, 2.24) is 0 Å². The van der Waals surface area contributed by atoms with E-state index in [1.807, 2.05) is 0 Å². The average molecular weight is 148 g/mol. The minimum atomic E-state index is -0.955. The first-order valence-corrected chi connectivity index (χ1v) is 3.17. The van der Waals surface area contributed by atoms with Crippen molar-refractivity contribution >= 4 is 5.97 Å². The maximum Gasteiger partial charge on any atom is 0.329 e. The number of rotatable bonds is 6. The van der Waals surface area contributed by atoms with Crippen LogP contribution < -0.4 is 0 Å². The maximum absolute atomic E-state index is 9.86. The topological polar surface area (TPSA) is 66.8 Å². The van der Waals surface area contributed by atoms with Gasteiger partial charge in [-0.15, -0.1) is 0 Å². The molecule has 0 spiro atoms. The molecule has 4 heteroatoms. The van der Waals surface area contributed by atoms with Crippen molar-refractivity contribution < 1.29 is 19.7 Å². The van der Waals surface area contributed by atoms with Crippen molar-refractivity contribution in [2.75, 3.05) is 19.8 Å². The molecule has 0 saturated heterocycles. The van der Waals surface area contributed by atoms with E-state index < -0.39 is 5.97 Å². The van der Waals surface area contributed by atoms with Crippen LogP contribution in [-0.4, -0.2) is 36.0 Å². The zero-order valence-electron chi connectivity index (χ0n) is 5.75. The van der Waals surface area contributed by atoms with Crippen LogP contribution in [0.4, 0.5) is 0 Å². The van der Waals surface area contributed by atoms with Gasteiger partial charge in [0.15, 0.2) is 0 Å². The molecule has 2 N–H and O–H groups in total. The van der Waals surface area contributed by atoms with Crippen molar-refractivity contribution in [1.29, 1.82) is 0 Å². The zero-order chi connectivity index (χ0) is 7.82. The lowest BCUT2D eigenvalue weighted by Crippen LogP contribution is -2.07. The molecule has 0 saturated carbocycles.